The Balaban J connectivity index is 2.29. The van der Waals surface area contributed by atoms with Crippen LogP contribution in [0.4, 0.5) is 0 Å². The van der Waals surface area contributed by atoms with Crippen LogP contribution in [0.2, 0.25) is 0 Å². The molecule has 0 spiro atoms. The molecule has 25 heavy (non-hydrogen) atoms. The van der Waals surface area contributed by atoms with E-state index in [0.717, 1.165) is 0 Å². The van der Waals surface area contributed by atoms with E-state index in [0.29, 0.717) is 33.7 Å². The molecule has 0 aliphatic rings. The van der Waals surface area contributed by atoms with Crippen molar-refractivity contribution in [2.75, 3.05) is 6.61 Å². The molecular formula is C17H16BrN3O3S. The summed E-state index contributed by atoms with van der Waals surface area (Å²) in [5, 5.41) is 3.96. The number of hydrazone groups is 1. The first kappa shape index (κ1) is 18.9. The monoisotopic (exact) mass is 421 g/mol. The topological polar surface area (TPSA) is 85.9 Å². The van der Waals surface area contributed by atoms with Gasteiger partial charge in [0.05, 0.1) is 22.9 Å². The molecule has 3 N–H and O–H groups in total. The minimum absolute atomic E-state index is 0.0637. The lowest BCUT2D eigenvalue weighted by atomic mass is 10.2. The van der Waals surface area contributed by atoms with Gasteiger partial charge < -0.3 is 15.2 Å². The number of thiocarbonyl (C=S) groups is 1. The van der Waals surface area contributed by atoms with E-state index < -0.39 is 5.97 Å². The molecule has 0 radical (unpaired) electrons. The van der Waals surface area contributed by atoms with E-state index in [1.54, 1.807) is 36.4 Å². The molecule has 0 amide bonds. The zero-order valence-corrected chi connectivity index (χ0v) is 15.8. The first-order valence-electron chi connectivity index (χ1n) is 7.33. The molecule has 0 saturated heterocycles. The molecule has 0 aliphatic carbocycles. The maximum absolute atomic E-state index is 12.3. The maximum atomic E-state index is 12.3. The second kappa shape index (κ2) is 9.14. The molecule has 2 aromatic carbocycles. The van der Waals surface area contributed by atoms with Crippen LogP contribution in [0.25, 0.3) is 0 Å². The third-order valence-electron chi connectivity index (χ3n) is 2.92. The van der Waals surface area contributed by atoms with Crippen LogP contribution in [0.15, 0.2) is 52.0 Å². The minimum atomic E-state index is -0.473. The highest BCUT2D eigenvalue weighted by Crippen LogP contribution is 2.37. The lowest BCUT2D eigenvalue weighted by Gasteiger charge is -2.13. The normalized spacial score (nSPS) is 10.5. The highest BCUT2D eigenvalue weighted by molar-refractivity contribution is 9.10. The number of nitrogens with two attached hydrogens (primary N) is 1. The summed E-state index contributed by atoms with van der Waals surface area (Å²) >= 11 is 8.08. The van der Waals surface area contributed by atoms with Gasteiger partial charge in [-0.1, -0.05) is 18.2 Å². The Kier molecular flexibility index (Phi) is 6.91. The van der Waals surface area contributed by atoms with Crippen molar-refractivity contribution in [3.63, 3.8) is 0 Å². The van der Waals surface area contributed by atoms with Gasteiger partial charge in [0.15, 0.2) is 16.6 Å². The number of carbonyl (C=O) groups is 1. The Morgan fingerprint density at radius 1 is 1.36 bits per heavy atom. The number of ether oxygens (including phenoxy) is 2. The summed E-state index contributed by atoms with van der Waals surface area (Å²) in [7, 11) is 0. The summed E-state index contributed by atoms with van der Waals surface area (Å²) < 4.78 is 11.6. The molecule has 0 heterocycles. The molecule has 130 valence electrons. The van der Waals surface area contributed by atoms with Gasteiger partial charge in [-0.3, -0.25) is 5.43 Å². The minimum Gasteiger partial charge on any atom is -0.490 e. The van der Waals surface area contributed by atoms with Crippen LogP contribution in [0.3, 0.4) is 0 Å². The number of hydrogen-bond acceptors (Lipinski definition) is 5. The molecule has 0 aromatic heterocycles. The Morgan fingerprint density at radius 3 is 2.72 bits per heavy atom. The van der Waals surface area contributed by atoms with E-state index in [9.17, 15) is 4.79 Å². The summed E-state index contributed by atoms with van der Waals surface area (Å²) in [5.41, 5.74) is 8.94. The lowest BCUT2D eigenvalue weighted by molar-refractivity contribution is 0.0727. The molecule has 2 rings (SSSR count). The largest absolute Gasteiger partial charge is 0.490 e. The van der Waals surface area contributed by atoms with Crippen LogP contribution in [0.5, 0.6) is 11.5 Å². The number of carbonyl (C=O) groups excluding carboxylic acids is 1. The predicted molar refractivity (Wildman–Crippen MR) is 104 cm³/mol. The van der Waals surface area contributed by atoms with Gasteiger partial charge in [0.25, 0.3) is 0 Å². The van der Waals surface area contributed by atoms with E-state index >= 15 is 0 Å². The molecule has 0 unspecified atom stereocenters. The van der Waals surface area contributed by atoms with Gasteiger partial charge in [-0.05, 0) is 64.9 Å². The molecule has 0 bridgehead atoms. The number of hydrogen-bond donors (Lipinski definition) is 2. The van der Waals surface area contributed by atoms with E-state index in [4.69, 9.17) is 15.2 Å². The summed E-state index contributed by atoms with van der Waals surface area (Å²) in [6.07, 6.45) is 1.52. The summed E-state index contributed by atoms with van der Waals surface area (Å²) in [4.78, 5) is 12.3. The van der Waals surface area contributed by atoms with E-state index in [1.807, 2.05) is 13.0 Å². The molecule has 8 heteroatoms. The Labute approximate surface area is 159 Å². The van der Waals surface area contributed by atoms with Crippen LogP contribution in [0, 0.1) is 0 Å². The van der Waals surface area contributed by atoms with Crippen LogP contribution in [-0.2, 0) is 0 Å². The van der Waals surface area contributed by atoms with E-state index in [2.05, 4.69) is 38.7 Å². The van der Waals surface area contributed by atoms with Crippen molar-refractivity contribution < 1.29 is 14.3 Å². The van der Waals surface area contributed by atoms with Gasteiger partial charge in [0, 0.05) is 0 Å². The Bertz CT molecular complexity index is 797. The first-order valence-corrected chi connectivity index (χ1v) is 8.53. The van der Waals surface area contributed by atoms with Crippen molar-refractivity contribution in [2.24, 2.45) is 10.8 Å². The molecule has 0 atom stereocenters. The fourth-order valence-corrected chi connectivity index (χ4v) is 2.51. The molecule has 0 aliphatic heterocycles. The maximum Gasteiger partial charge on any atom is 0.343 e. The van der Waals surface area contributed by atoms with Gasteiger partial charge >= 0.3 is 5.97 Å². The number of benzene rings is 2. The molecule has 0 saturated carbocycles. The standard InChI is InChI=1S/C17H16BrN3O3S/c1-2-23-14-9-11(10-20-21-17(19)25)8-13(18)15(14)24-16(22)12-6-4-3-5-7-12/h3-10H,2H2,1H3,(H3,19,21,25)/b20-10-. The van der Waals surface area contributed by atoms with Crippen LogP contribution in [0.1, 0.15) is 22.8 Å². The molecule has 0 fully saturated rings. The Hall–Kier alpha value is -2.45. The number of nitrogens with zero attached hydrogens (tertiary/aromatic N) is 1. The average Bonchev–Trinajstić information content (AvgIpc) is 2.58. The predicted octanol–water partition coefficient (Wildman–Crippen LogP) is 3.23. The number of nitrogens with one attached hydrogen (secondary N) is 1. The second-order valence-electron chi connectivity index (χ2n) is 4.75. The highest BCUT2D eigenvalue weighted by atomic mass is 79.9. The SMILES string of the molecule is CCOc1cc(/C=N\NC(N)=S)cc(Br)c1OC(=O)c1ccccc1. The second-order valence-corrected chi connectivity index (χ2v) is 6.05. The van der Waals surface area contributed by atoms with E-state index in [-0.39, 0.29) is 5.11 Å². The van der Waals surface area contributed by atoms with Crippen molar-refractivity contribution in [1.82, 2.24) is 5.43 Å². The smallest absolute Gasteiger partial charge is 0.343 e. The number of halogens is 1. The third-order valence-corrected chi connectivity index (χ3v) is 3.60. The van der Waals surface area contributed by atoms with Crippen molar-refractivity contribution >= 4 is 45.4 Å². The Morgan fingerprint density at radius 2 is 2.08 bits per heavy atom. The van der Waals surface area contributed by atoms with Gasteiger partial charge in [0.1, 0.15) is 0 Å². The molecule has 2 aromatic rings. The average molecular weight is 422 g/mol. The zero-order valence-electron chi connectivity index (χ0n) is 13.4. The number of rotatable bonds is 6. The van der Waals surface area contributed by atoms with Crippen molar-refractivity contribution in [2.45, 2.75) is 6.92 Å². The van der Waals surface area contributed by atoms with Gasteiger partial charge in [-0.25, -0.2) is 4.79 Å². The van der Waals surface area contributed by atoms with Crippen molar-refractivity contribution in [1.29, 1.82) is 0 Å². The quantitative estimate of drug-likeness (QED) is 0.245. The van der Waals surface area contributed by atoms with Crippen molar-refractivity contribution in [3.05, 3.63) is 58.1 Å². The number of esters is 1. The van der Waals surface area contributed by atoms with Gasteiger partial charge in [-0.15, -0.1) is 0 Å². The van der Waals surface area contributed by atoms with Gasteiger partial charge in [-0.2, -0.15) is 5.10 Å². The van der Waals surface area contributed by atoms with E-state index in [1.165, 1.54) is 6.21 Å². The third kappa shape index (κ3) is 5.54. The molecular weight excluding hydrogens is 406 g/mol. The first-order chi connectivity index (χ1) is 12.0. The fraction of sp³-hybridized carbons (Fsp3) is 0.118. The zero-order chi connectivity index (χ0) is 18.2. The van der Waals surface area contributed by atoms with Crippen LogP contribution in [-0.4, -0.2) is 23.9 Å². The van der Waals surface area contributed by atoms with Gasteiger partial charge in [0.2, 0.25) is 0 Å². The lowest BCUT2D eigenvalue weighted by Crippen LogP contribution is -2.24. The summed E-state index contributed by atoms with van der Waals surface area (Å²) in [6, 6.07) is 12.2. The fourth-order valence-electron chi connectivity index (χ4n) is 1.92. The summed E-state index contributed by atoms with van der Waals surface area (Å²) in [6.45, 7) is 2.25. The van der Waals surface area contributed by atoms with Crippen LogP contribution >= 0.6 is 28.1 Å². The summed E-state index contributed by atoms with van der Waals surface area (Å²) in [5.74, 6) is 0.243. The van der Waals surface area contributed by atoms with Crippen LogP contribution < -0.4 is 20.6 Å². The highest BCUT2D eigenvalue weighted by Gasteiger charge is 2.17. The molecule has 6 nitrogen and oxygen atoms in total. The van der Waals surface area contributed by atoms with Crippen molar-refractivity contribution in [3.8, 4) is 11.5 Å².